The van der Waals surface area contributed by atoms with Crippen LogP contribution in [0.3, 0.4) is 0 Å². The molecule has 12 heavy (non-hydrogen) atoms. The topological polar surface area (TPSA) is 38.7 Å². The smallest absolute Gasteiger partial charge is 0.164 e. The lowest BCUT2D eigenvalue weighted by Gasteiger charge is -2.25. The molecule has 3 heteroatoms. The van der Waals surface area contributed by atoms with Crippen LogP contribution < -0.4 is 0 Å². The van der Waals surface area contributed by atoms with Gasteiger partial charge < -0.3 is 14.6 Å². The van der Waals surface area contributed by atoms with Crippen LogP contribution in [0.2, 0.25) is 0 Å². The van der Waals surface area contributed by atoms with Crippen LogP contribution in [-0.2, 0) is 9.47 Å². The van der Waals surface area contributed by atoms with Crippen molar-refractivity contribution >= 4 is 0 Å². The van der Waals surface area contributed by atoms with E-state index < -0.39 is 11.4 Å². The molecule has 72 valence electrons. The Morgan fingerprint density at radius 2 is 1.92 bits per heavy atom. The SMILES string of the molecule is CCC1OC(C)(C)OC1(C)CO. The van der Waals surface area contributed by atoms with Gasteiger partial charge >= 0.3 is 0 Å². The molecule has 2 unspecified atom stereocenters. The Balaban J connectivity index is 2.76. The first kappa shape index (κ1) is 9.96. The van der Waals surface area contributed by atoms with Gasteiger partial charge in [0.15, 0.2) is 5.79 Å². The summed E-state index contributed by atoms with van der Waals surface area (Å²) in [6.07, 6.45) is 0.859. The van der Waals surface area contributed by atoms with Gasteiger partial charge in [-0.1, -0.05) is 6.92 Å². The fraction of sp³-hybridized carbons (Fsp3) is 1.00. The molecule has 1 N–H and O–H groups in total. The summed E-state index contributed by atoms with van der Waals surface area (Å²) >= 11 is 0. The molecule has 0 spiro atoms. The molecule has 0 aromatic carbocycles. The lowest BCUT2D eigenvalue weighted by molar-refractivity contribution is -0.166. The summed E-state index contributed by atoms with van der Waals surface area (Å²) in [5, 5.41) is 9.15. The average molecular weight is 174 g/mol. The first-order chi connectivity index (χ1) is 5.43. The molecule has 2 atom stereocenters. The molecule has 1 saturated heterocycles. The Morgan fingerprint density at radius 1 is 1.33 bits per heavy atom. The maximum absolute atomic E-state index is 9.15. The molecule has 3 nitrogen and oxygen atoms in total. The Hall–Kier alpha value is -0.120. The van der Waals surface area contributed by atoms with E-state index in [0.717, 1.165) is 6.42 Å². The molecular formula is C9H18O3. The summed E-state index contributed by atoms with van der Waals surface area (Å²) in [5.74, 6) is -0.557. The lowest BCUT2D eigenvalue weighted by atomic mass is 9.99. The maximum atomic E-state index is 9.15. The third kappa shape index (κ3) is 1.63. The van der Waals surface area contributed by atoms with Gasteiger partial charge in [0, 0.05) is 0 Å². The zero-order valence-corrected chi connectivity index (χ0v) is 8.26. The summed E-state index contributed by atoms with van der Waals surface area (Å²) < 4.78 is 11.2. The van der Waals surface area contributed by atoms with Gasteiger partial charge in [-0.3, -0.25) is 0 Å². The lowest BCUT2D eigenvalue weighted by Crippen LogP contribution is -2.40. The molecule has 1 rings (SSSR count). The highest BCUT2D eigenvalue weighted by Gasteiger charge is 2.48. The zero-order valence-electron chi connectivity index (χ0n) is 8.26. The molecule has 1 aliphatic rings. The predicted octanol–water partition coefficient (Wildman–Crippen LogP) is 1.30. The van der Waals surface area contributed by atoms with Crippen molar-refractivity contribution in [2.75, 3.05) is 6.61 Å². The number of aliphatic hydroxyl groups is 1. The number of ether oxygens (including phenoxy) is 2. The van der Waals surface area contributed by atoms with Crippen LogP contribution in [0.4, 0.5) is 0 Å². The largest absolute Gasteiger partial charge is 0.393 e. The van der Waals surface area contributed by atoms with E-state index in [1.54, 1.807) is 0 Å². The number of aliphatic hydroxyl groups excluding tert-OH is 1. The molecule has 0 aromatic rings. The second-order valence-electron chi connectivity index (χ2n) is 3.99. The van der Waals surface area contributed by atoms with Crippen LogP contribution >= 0.6 is 0 Å². The van der Waals surface area contributed by atoms with Crippen molar-refractivity contribution in [3.05, 3.63) is 0 Å². The van der Waals surface area contributed by atoms with Gasteiger partial charge in [-0.15, -0.1) is 0 Å². The minimum absolute atomic E-state index is 0.00231. The van der Waals surface area contributed by atoms with Gasteiger partial charge in [-0.2, -0.15) is 0 Å². The van der Waals surface area contributed by atoms with E-state index in [1.807, 2.05) is 27.7 Å². The Bertz CT molecular complexity index is 167. The van der Waals surface area contributed by atoms with Crippen LogP contribution in [-0.4, -0.2) is 29.2 Å². The van der Waals surface area contributed by atoms with Crippen molar-refractivity contribution in [3.63, 3.8) is 0 Å². The maximum Gasteiger partial charge on any atom is 0.164 e. The number of rotatable bonds is 2. The van der Waals surface area contributed by atoms with Crippen molar-refractivity contribution < 1.29 is 14.6 Å². The highest BCUT2D eigenvalue weighted by molar-refractivity contribution is 4.91. The summed E-state index contributed by atoms with van der Waals surface area (Å²) in [6, 6.07) is 0. The molecule has 0 saturated carbocycles. The van der Waals surface area contributed by atoms with E-state index in [1.165, 1.54) is 0 Å². The van der Waals surface area contributed by atoms with Crippen LogP contribution in [0.1, 0.15) is 34.1 Å². The van der Waals surface area contributed by atoms with Gasteiger partial charge in [-0.05, 0) is 27.2 Å². The highest BCUT2D eigenvalue weighted by Crippen LogP contribution is 2.37. The molecule has 0 aromatic heterocycles. The molecule has 0 bridgehead atoms. The minimum atomic E-state index is -0.557. The Kier molecular flexibility index (Phi) is 2.47. The fourth-order valence-electron chi connectivity index (χ4n) is 1.77. The molecule has 1 fully saturated rings. The van der Waals surface area contributed by atoms with Crippen LogP contribution in [0.5, 0.6) is 0 Å². The van der Waals surface area contributed by atoms with Crippen molar-refractivity contribution in [3.8, 4) is 0 Å². The zero-order chi connectivity index (χ0) is 9.41. The fourth-order valence-corrected chi connectivity index (χ4v) is 1.77. The van der Waals surface area contributed by atoms with Gasteiger partial charge in [-0.25, -0.2) is 0 Å². The van der Waals surface area contributed by atoms with E-state index in [0.29, 0.717) is 0 Å². The van der Waals surface area contributed by atoms with E-state index in [2.05, 4.69) is 0 Å². The van der Waals surface area contributed by atoms with Crippen LogP contribution in [0, 0.1) is 0 Å². The minimum Gasteiger partial charge on any atom is -0.393 e. The monoisotopic (exact) mass is 174 g/mol. The van der Waals surface area contributed by atoms with Gasteiger partial charge in [0.2, 0.25) is 0 Å². The van der Waals surface area contributed by atoms with Gasteiger partial charge in [0.05, 0.1) is 12.7 Å². The highest BCUT2D eigenvalue weighted by atomic mass is 16.8. The third-order valence-electron chi connectivity index (χ3n) is 2.27. The standard InChI is InChI=1S/C9H18O3/c1-5-7-9(4,6-10)12-8(2,3)11-7/h7,10H,5-6H2,1-4H3. The van der Waals surface area contributed by atoms with Crippen LogP contribution in [0.25, 0.3) is 0 Å². The Morgan fingerprint density at radius 3 is 2.25 bits per heavy atom. The van der Waals surface area contributed by atoms with E-state index in [9.17, 15) is 0 Å². The van der Waals surface area contributed by atoms with Gasteiger partial charge in [0.1, 0.15) is 5.60 Å². The van der Waals surface area contributed by atoms with E-state index in [4.69, 9.17) is 14.6 Å². The summed E-state index contributed by atoms with van der Waals surface area (Å²) in [7, 11) is 0. The number of hydrogen-bond acceptors (Lipinski definition) is 3. The first-order valence-electron chi connectivity index (χ1n) is 4.42. The van der Waals surface area contributed by atoms with Crippen molar-refractivity contribution in [2.45, 2.75) is 51.6 Å². The predicted molar refractivity (Wildman–Crippen MR) is 45.8 cm³/mol. The normalized spacial score (nSPS) is 40.2. The average Bonchev–Trinajstić information content (AvgIpc) is 2.22. The number of hydrogen-bond donors (Lipinski definition) is 1. The summed E-state index contributed by atoms with van der Waals surface area (Å²) in [4.78, 5) is 0. The molecule has 0 amide bonds. The second kappa shape index (κ2) is 2.98. The molecule has 0 radical (unpaired) electrons. The van der Waals surface area contributed by atoms with Crippen molar-refractivity contribution in [1.29, 1.82) is 0 Å². The van der Waals surface area contributed by atoms with E-state index >= 15 is 0 Å². The first-order valence-corrected chi connectivity index (χ1v) is 4.42. The second-order valence-corrected chi connectivity index (χ2v) is 3.99. The molecular weight excluding hydrogens is 156 g/mol. The van der Waals surface area contributed by atoms with Crippen LogP contribution in [0.15, 0.2) is 0 Å². The van der Waals surface area contributed by atoms with E-state index in [-0.39, 0.29) is 12.7 Å². The Labute approximate surface area is 73.7 Å². The third-order valence-corrected chi connectivity index (χ3v) is 2.27. The molecule has 1 heterocycles. The quantitative estimate of drug-likeness (QED) is 0.685. The van der Waals surface area contributed by atoms with Crippen molar-refractivity contribution in [1.82, 2.24) is 0 Å². The summed E-state index contributed by atoms with van der Waals surface area (Å²) in [6.45, 7) is 7.67. The van der Waals surface area contributed by atoms with Gasteiger partial charge in [0.25, 0.3) is 0 Å². The molecule has 0 aliphatic carbocycles. The molecule has 1 aliphatic heterocycles. The van der Waals surface area contributed by atoms with Crippen molar-refractivity contribution in [2.24, 2.45) is 0 Å². The summed E-state index contributed by atoms with van der Waals surface area (Å²) in [5.41, 5.74) is -0.530.